The Morgan fingerprint density at radius 2 is 1.68 bits per heavy atom. The van der Waals surface area contributed by atoms with Crippen LogP contribution in [0.4, 0.5) is 0 Å². The third-order valence-corrected chi connectivity index (χ3v) is 6.06. The molecule has 0 unspecified atom stereocenters. The van der Waals surface area contributed by atoms with Crippen LogP contribution in [0.5, 0.6) is 17.2 Å². The number of nitrogens with one attached hydrogen (secondary N) is 1. The number of benzene rings is 3. The van der Waals surface area contributed by atoms with Gasteiger partial charge in [-0.25, -0.2) is 4.99 Å². The molecule has 3 aromatic carbocycles. The summed E-state index contributed by atoms with van der Waals surface area (Å²) in [5, 5.41) is 12.0. The molecule has 0 aromatic heterocycles. The van der Waals surface area contributed by atoms with Crippen LogP contribution in [0.15, 0.2) is 77.8 Å². The van der Waals surface area contributed by atoms with Crippen molar-refractivity contribution < 1.29 is 28.8 Å². The van der Waals surface area contributed by atoms with E-state index in [4.69, 9.17) is 29.0 Å². The van der Waals surface area contributed by atoms with Crippen molar-refractivity contribution >= 4 is 11.8 Å². The van der Waals surface area contributed by atoms with Gasteiger partial charge in [0.2, 0.25) is 5.90 Å². The maximum absolute atomic E-state index is 13.6. The molecule has 4 rings (SSSR count). The van der Waals surface area contributed by atoms with Crippen LogP contribution in [-0.4, -0.2) is 56.5 Å². The van der Waals surface area contributed by atoms with Gasteiger partial charge in [0.05, 0.1) is 20.8 Å². The van der Waals surface area contributed by atoms with Gasteiger partial charge in [-0.3, -0.25) is 4.79 Å². The molecule has 8 nitrogen and oxygen atoms in total. The Labute approximate surface area is 216 Å². The van der Waals surface area contributed by atoms with E-state index in [9.17, 15) is 4.79 Å². The van der Waals surface area contributed by atoms with E-state index >= 15 is 0 Å². The van der Waals surface area contributed by atoms with Gasteiger partial charge < -0.3 is 29.4 Å². The molecule has 0 fully saturated rings. The number of amides is 1. The highest BCUT2D eigenvalue weighted by Crippen LogP contribution is 2.28. The van der Waals surface area contributed by atoms with Gasteiger partial charge in [0.1, 0.15) is 23.9 Å². The van der Waals surface area contributed by atoms with Crippen LogP contribution in [0.3, 0.4) is 0 Å². The molecule has 0 saturated heterocycles. The molecule has 8 heteroatoms. The molecule has 1 aliphatic heterocycles. The first-order valence-corrected chi connectivity index (χ1v) is 12.2. The number of nitrogens with zero attached hydrogens (tertiary/aromatic N) is 1. The maximum atomic E-state index is 13.6. The zero-order valence-electron chi connectivity index (χ0n) is 21.1. The lowest BCUT2D eigenvalue weighted by Gasteiger charge is -2.23. The molecule has 3 aromatic rings. The average molecular weight is 505 g/mol. The van der Waals surface area contributed by atoms with Gasteiger partial charge in [-0.1, -0.05) is 30.3 Å². The van der Waals surface area contributed by atoms with E-state index in [0.29, 0.717) is 42.6 Å². The molecule has 37 heavy (non-hydrogen) atoms. The number of hydrogen-bond acceptors (Lipinski definition) is 7. The Kier molecular flexibility index (Phi) is 8.64. The average Bonchev–Trinajstić information content (AvgIpc) is 3.37. The Morgan fingerprint density at radius 3 is 2.32 bits per heavy atom. The second-order valence-corrected chi connectivity index (χ2v) is 8.75. The van der Waals surface area contributed by atoms with E-state index < -0.39 is 5.54 Å². The lowest BCUT2D eigenvalue weighted by molar-refractivity contribution is -0.126. The first kappa shape index (κ1) is 26.0. The second-order valence-electron chi connectivity index (χ2n) is 8.75. The Morgan fingerprint density at radius 1 is 0.973 bits per heavy atom. The summed E-state index contributed by atoms with van der Waals surface area (Å²) in [6.45, 7) is 0.930. The molecule has 2 N–H and O–H groups in total. The van der Waals surface area contributed by atoms with Gasteiger partial charge in [0, 0.05) is 37.6 Å². The van der Waals surface area contributed by atoms with Crippen molar-refractivity contribution in [1.82, 2.24) is 5.32 Å². The predicted octanol–water partition coefficient (Wildman–Crippen LogP) is 3.54. The Bertz CT molecular complexity index is 1190. The van der Waals surface area contributed by atoms with E-state index in [1.807, 2.05) is 66.7 Å². The number of ether oxygens (including phenoxy) is 4. The summed E-state index contributed by atoms with van der Waals surface area (Å²) in [4.78, 5) is 18.5. The van der Waals surface area contributed by atoms with Crippen LogP contribution in [0.25, 0.3) is 0 Å². The number of methoxy groups -OCH3 is 2. The molecule has 0 aliphatic carbocycles. The van der Waals surface area contributed by atoms with Crippen LogP contribution in [-0.2, 0) is 22.5 Å². The molecule has 0 spiro atoms. The van der Waals surface area contributed by atoms with Crippen molar-refractivity contribution in [2.45, 2.75) is 24.9 Å². The van der Waals surface area contributed by atoms with Gasteiger partial charge in [-0.15, -0.1) is 0 Å². The monoisotopic (exact) mass is 504 g/mol. The topological polar surface area (TPSA) is 98.6 Å². The largest absolute Gasteiger partial charge is 0.497 e. The fourth-order valence-electron chi connectivity index (χ4n) is 4.08. The molecule has 1 heterocycles. The summed E-state index contributed by atoms with van der Waals surface area (Å²) in [5.41, 5.74) is 1.48. The molecule has 0 saturated carbocycles. The Hall–Kier alpha value is -4.04. The van der Waals surface area contributed by atoms with E-state index in [0.717, 1.165) is 16.7 Å². The Balaban J connectivity index is 1.55. The highest BCUT2D eigenvalue weighted by Gasteiger charge is 2.44. The fourth-order valence-corrected chi connectivity index (χ4v) is 4.08. The molecule has 1 atom stereocenters. The smallest absolute Gasteiger partial charge is 0.252 e. The van der Waals surface area contributed by atoms with Crippen molar-refractivity contribution in [3.63, 3.8) is 0 Å². The summed E-state index contributed by atoms with van der Waals surface area (Å²) < 4.78 is 22.3. The SMILES string of the molecule is COc1cc(CNC(=O)[C@@]2(Cc3ccccc3)COC(c3ccc(OCCCO)cc3)=N2)cc(OC)c1. The van der Waals surface area contributed by atoms with Gasteiger partial charge in [-0.05, 0) is 47.5 Å². The van der Waals surface area contributed by atoms with Gasteiger partial charge in [0.15, 0.2) is 5.54 Å². The number of aliphatic hydroxyl groups is 1. The highest BCUT2D eigenvalue weighted by molar-refractivity contribution is 6.00. The molecule has 194 valence electrons. The first-order valence-electron chi connectivity index (χ1n) is 12.2. The van der Waals surface area contributed by atoms with Crippen molar-refractivity contribution in [3.8, 4) is 17.2 Å². The highest BCUT2D eigenvalue weighted by atomic mass is 16.5. The fraction of sp³-hybridized carbons (Fsp3) is 0.310. The van der Waals surface area contributed by atoms with Gasteiger partial charge >= 0.3 is 0 Å². The van der Waals surface area contributed by atoms with Crippen molar-refractivity contribution in [2.75, 3.05) is 34.0 Å². The minimum absolute atomic E-state index is 0.0830. The zero-order chi connectivity index (χ0) is 26.1. The number of hydrogen-bond donors (Lipinski definition) is 2. The number of aliphatic hydroxyl groups excluding tert-OH is 1. The minimum atomic E-state index is -1.12. The summed E-state index contributed by atoms with van der Waals surface area (Å²) >= 11 is 0. The third-order valence-electron chi connectivity index (χ3n) is 6.06. The molecule has 0 radical (unpaired) electrons. The summed E-state index contributed by atoms with van der Waals surface area (Å²) in [6.07, 6.45) is 0.962. The molecule has 0 bridgehead atoms. The molecule has 1 aliphatic rings. The van der Waals surface area contributed by atoms with E-state index in [2.05, 4.69) is 5.32 Å². The molecular formula is C29H32N2O6. The van der Waals surface area contributed by atoms with E-state index in [-0.39, 0.29) is 25.7 Å². The number of carbonyl (C=O) groups excluding carboxylic acids is 1. The van der Waals surface area contributed by atoms with Crippen LogP contribution in [0.1, 0.15) is 23.1 Å². The standard InChI is InChI=1S/C29H32N2O6/c1-34-25-15-22(16-26(17-25)35-2)19-30-28(33)29(18-21-7-4-3-5-8-21)20-37-27(31-29)23-9-11-24(12-10-23)36-14-6-13-32/h3-5,7-12,15-17,32H,6,13-14,18-20H2,1-2H3,(H,30,33)/t29-/m1/s1. The third kappa shape index (κ3) is 6.59. The molecule has 1 amide bonds. The van der Waals surface area contributed by atoms with Crippen molar-refractivity contribution in [2.24, 2.45) is 4.99 Å². The lowest BCUT2D eigenvalue weighted by atomic mass is 9.91. The van der Waals surface area contributed by atoms with Gasteiger partial charge in [0.25, 0.3) is 5.91 Å². The molecular weight excluding hydrogens is 472 g/mol. The summed E-state index contributed by atoms with van der Waals surface area (Å²) in [5.74, 6) is 2.18. The zero-order valence-corrected chi connectivity index (χ0v) is 21.1. The predicted molar refractivity (Wildman–Crippen MR) is 140 cm³/mol. The van der Waals surface area contributed by atoms with E-state index in [1.165, 1.54) is 0 Å². The first-order chi connectivity index (χ1) is 18.0. The lowest BCUT2D eigenvalue weighted by Crippen LogP contribution is -2.48. The number of carbonyl (C=O) groups is 1. The van der Waals surface area contributed by atoms with Crippen molar-refractivity contribution in [1.29, 1.82) is 0 Å². The number of rotatable bonds is 12. The van der Waals surface area contributed by atoms with Crippen LogP contribution >= 0.6 is 0 Å². The van der Waals surface area contributed by atoms with Gasteiger partial charge in [-0.2, -0.15) is 0 Å². The van der Waals surface area contributed by atoms with Crippen LogP contribution in [0, 0.1) is 0 Å². The summed E-state index contributed by atoms with van der Waals surface area (Å²) in [6, 6.07) is 22.6. The second kappa shape index (κ2) is 12.3. The van der Waals surface area contributed by atoms with Crippen LogP contribution in [0.2, 0.25) is 0 Å². The minimum Gasteiger partial charge on any atom is -0.497 e. The maximum Gasteiger partial charge on any atom is 0.252 e. The van der Waals surface area contributed by atoms with E-state index in [1.54, 1.807) is 20.3 Å². The van der Waals surface area contributed by atoms with Crippen molar-refractivity contribution in [3.05, 3.63) is 89.5 Å². The summed E-state index contributed by atoms with van der Waals surface area (Å²) in [7, 11) is 3.18. The quantitative estimate of drug-likeness (QED) is 0.366. The number of aliphatic imine (C=N–C) groups is 1. The van der Waals surface area contributed by atoms with Crippen LogP contribution < -0.4 is 19.5 Å². The normalized spacial score (nSPS) is 16.5.